The highest BCUT2D eigenvalue weighted by Gasteiger charge is 2.11. The Labute approximate surface area is 133 Å². The molecule has 1 aromatic carbocycles. The van der Waals surface area contributed by atoms with Crippen molar-refractivity contribution in [2.75, 3.05) is 0 Å². The van der Waals surface area contributed by atoms with Crippen LogP contribution < -0.4 is 9.88 Å². The third-order valence-corrected chi connectivity index (χ3v) is 4.03. The molecule has 1 N–H and O–H groups in total. The number of benzene rings is 1. The highest BCUT2D eigenvalue weighted by Crippen LogP contribution is 2.21. The molecule has 3 nitrogen and oxygen atoms in total. The summed E-state index contributed by atoms with van der Waals surface area (Å²) in [5, 5.41) is 2.95. The van der Waals surface area contributed by atoms with Gasteiger partial charge in [-0.2, -0.15) is 4.57 Å². The van der Waals surface area contributed by atoms with E-state index in [0.29, 0.717) is 19.0 Å². The molecule has 0 aliphatic carbocycles. The maximum absolute atomic E-state index is 12.0. The van der Waals surface area contributed by atoms with Gasteiger partial charge in [0.25, 0.3) is 5.91 Å². The average molecular weight is 297 g/mol. The number of carbonyl (C=O) groups excluding carboxylic acids is 1. The Balaban J connectivity index is 1.86. The van der Waals surface area contributed by atoms with Crippen LogP contribution in [0.25, 0.3) is 0 Å². The van der Waals surface area contributed by atoms with Crippen molar-refractivity contribution in [2.45, 2.75) is 45.7 Å². The second kappa shape index (κ2) is 8.32. The van der Waals surface area contributed by atoms with Crippen LogP contribution in [0.15, 0.2) is 54.9 Å². The number of aromatic nitrogens is 1. The standard InChI is InChI=1S/C19H24N2O/c1-3-17(4-2)18-10-12-21(13-11-18)15-19(22)20-14-16-8-6-5-7-9-16/h5-13,17H,3-4,14-15H2,1-2H3/p+1. The van der Waals surface area contributed by atoms with Crippen molar-refractivity contribution < 1.29 is 9.36 Å². The van der Waals surface area contributed by atoms with Gasteiger partial charge in [0.05, 0.1) is 0 Å². The highest BCUT2D eigenvalue weighted by molar-refractivity contribution is 5.74. The Hall–Kier alpha value is -2.16. The van der Waals surface area contributed by atoms with E-state index < -0.39 is 0 Å². The summed E-state index contributed by atoms with van der Waals surface area (Å²) in [5.74, 6) is 0.644. The Morgan fingerprint density at radius 3 is 2.27 bits per heavy atom. The van der Waals surface area contributed by atoms with Crippen molar-refractivity contribution in [3.8, 4) is 0 Å². The summed E-state index contributed by atoms with van der Waals surface area (Å²) in [6.45, 7) is 5.36. The Kier molecular flexibility index (Phi) is 6.13. The zero-order valence-electron chi connectivity index (χ0n) is 13.5. The first-order valence-electron chi connectivity index (χ1n) is 8.02. The summed E-state index contributed by atoms with van der Waals surface area (Å²) in [7, 11) is 0. The molecule has 0 fully saturated rings. The third kappa shape index (κ3) is 4.69. The van der Waals surface area contributed by atoms with E-state index in [9.17, 15) is 4.79 Å². The van der Waals surface area contributed by atoms with Gasteiger partial charge in [-0.1, -0.05) is 44.2 Å². The molecule has 2 rings (SSSR count). The second-order valence-electron chi connectivity index (χ2n) is 5.58. The van der Waals surface area contributed by atoms with Crippen molar-refractivity contribution in [3.63, 3.8) is 0 Å². The van der Waals surface area contributed by atoms with Crippen LogP contribution in [0.2, 0.25) is 0 Å². The summed E-state index contributed by atoms with van der Waals surface area (Å²) in [4.78, 5) is 12.0. The Bertz CT molecular complexity index is 574. The summed E-state index contributed by atoms with van der Waals surface area (Å²) in [5.41, 5.74) is 2.47. The predicted molar refractivity (Wildman–Crippen MR) is 88.2 cm³/mol. The lowest BCUT2D eigenvalue weighted by Gasteiger charge is -2.11. The summed E-state index contributed by atoms with van der Waals surface area (Å²) >= 11 is 0. The first-order chi connectivity index (χ1) is 10.7. The summed E-state index contributed by atoms with van der Waals surface area (Å²) in [6, 6.07) is 14.2. The molecule has 0 bridgehead atoms. The molecule has 0 spiro atoms. The van der Waals surface area contributed by atoms with Crippen molar-refractivity contribution >= 4 is 5.91 Å². The van der Waals surface area contributed by atoms with Crippen LogP contribution in [-0.2, 0) is 17.9 Å². The van der Waals surface area contributed by atoms with Crippen LogP contribution in [-0.4, -0.2) is 5.91 Å². The van der Waals surface area contributed by atoms with Gasteiger partial charge in [0, 0.05) is 18.7 Å². The Morgan fingerprint density at radius 2 is 1.68 bits per heavy atom. The number of rotatable bonds is 7. The van der Waals surface area contributed by atoms with Crippen molar-refractivity contribution in [1.29, 1.82) is 0 Å². The zero-order chi connectivity index (χ0) is 15.8. The van der Waals surface area contributed by atoms with Gasteiger partial charge in [0.15, 0.2) is 12.4 Å². The summed E-state index contributed by atoms with van der Waals surface area (Å²) < 4.78 is 1.92. The van der Waals surface area contributed by atoms with Gasteiger partial charge < -0.3 is 5.32 Å². The number of nitrogens with one attached hydrogen (secondary N) is 1. The van der Waals surface area contributed by atoms with Crippen LogP contribution in [0.3, 0.4) is 0 Å². The molecular weight excluding hydrogens is 272 g/mol. The van der Waals surface area contributed by atoms with Crippen LogP contribution in [0.1, 0.15) is 43.7 Å². The lowest BCUT2D eigenvalue weighted by molar-refractivity contribution is -0.684. The normalized spacial score (nSPS) is 10.7. The fraction of sp³-hybridized carbons (Fsp3) is 0.368. The lowest BCUT2D eigenvalue weighted by atomic mass is 9.95. The van der Waals surface area contributed by atoms with E-state index in [4.69, 9.17) is 0 Å². The molecule has 0 saturated heterocycles. The van der Waals surface area contributed by atoms with Crippen LogP contribution in [0.4, 0.5) is 0 Å². The first-order valence-corrected chi connectivity index (χ1v) is 8.02. The van der Waals surface area contributed by atoms with Crippen LogP contribution >= 0.6 is 0 Å². The molecule has 0 radical (unpaired) electrons. The molecule has 22 heavy (non-hydrogen) atoms. The van der Waals surface area contributed by atoms with Crippen molar-refractivity contribution in [1.82, 2.24) is 5.32 Å². The molecule has 3 heteroatoms. The van der Waals surface area contributed by atoms with Gasteiger partial charge in [-0.05, 0) is 29.9 Å². The minimum Gasteiger partial charge on any atom is -0.347 e. The highest BCUT2D eigenvalue weighted by atomic mass is 16.1. The zero-order valence-corrected chi connectivity index (χ0v) is 13.5. The number of amides is 1. The quantitative estimate of drug-likeness (QED) is 0.782. The SMILES string of the molecule is CCC(CC)c1cc[n+](CC(=O)NCc2ccccc2)cc1. The fourth-order valence-corrected chi connectivity index (χ4v) is 2.62. The van der Waals surface area contributed by atoms with E-state index in [1.54, 1.807) is 0 Å². The maximum atomic E-state index is 12.0. The lowest BCUT2D eigenvalue weighted by Crippen LogP contribution is -2.42. The average Bonchev–Trinajstić information content (AvgIpc) is 2.56. The smallest absolute Gasteiger partial charge is 0.286 e. The molecule has 0 atom stereocenters. The van der Waals surface area contributed by atoms with Gasteiger partial charge in [-0.3, -0.25) is 4.79 Å². The van der Waals surface area contributed by atoms with Crippen molar-refractivity contribution in [2.24, 2.45) is 0 Å². The molecule has 0 unspecified atom stereocenters. The predicted octanol–water partition coefficient (Wildman–Crippen LogP) is 3.19. The molecule has 116 valence electrons. The fourth-order valence-electron chi connectivity index (χ4n) is 2.62. The van der Waals surface area contributed by atoms with Crippen LogP contribution in [0, 0.1) is 0 Å². The second-order valence-corrected chi connectivity index (χ2v) is 5.58. The molecular formula is C19H25N2O+. The molecule has 1 aromatic heterocycles. The minimum atomic E-state index is 0.0316. The number of nitrogens with zero attached hydrogens (tertiary/aromatic N) is 1. The van der Waals surface area contributed by atoms with Gasteiger partial charge in [-0.15, -0.1) is 0 Å². The number of pyridine rings is 1. The van der Waals surface area contributed by atoms with Crippen LogP contribution in [0.5, 0.6) is 0 Å². The minimum absolute atomic E-state index is 0.0316. The summed E-state index contributed by atoms with van der Waals surface area (Å²) in [6.07, 6.45) is 6.29. The van der Waals surface area contributed by atoms with E-state index in [-0.39, 0.29) is 5.91 Å². The molecule has 1 heterocycles. The van der Waals surface area contributed by atoms with Gasteiger partial charge in [0.2, 0.25) is 6.54 Å². The first kappa shape index (κ1) is 16.2. The van der Waals surface area contributed by atoms with Gasteiger partial charge in [0.1, 0.15) is 0 Å². The molecule has 0 aliphatic heterocycles. The Morgan fingerprint density at radius 1 is 1.05 bits per heavy atom. The van der Waals surface area contributed by atoms with E-state index in [2.05, 4.69) is 31.3 Å². The van der Waals surface area contributed by atoms with Gasteiger partial charge >= 0.3 is 0 Å². The van der Waals surface area contributed by atoms with E-state index >= 15 is 0 Å². The van der Waals surface area contributed by atoms with E-state index in [1.165, 1.54) is 5.56 Å². The van der Waals surface area contributed by atoms with E-state index in [0.717, 1.165) is 18.4 Å². The monoisotopic (exact) mass is 297 g/mol. The van der Waals surface area contributed by atoms with E-state index in [1.807, 2.05) is 47.3 Å². The number of hydrogen-bond acceptors (Lipinski definition) is 1. The number of carbonyl (C=O) groups is 1. The topological polar surface area (TPSA) is 33.0 Å². The van der Waals surface area contributed by atoms with Gasteiger partial charge in [-0.25, -0.2) is 0 Å². The third-order valence-electron chi connectivity index (χ3n) is 4.03. The molecule has 1 amide bonds. The number of hydrogen-bond donors (Lipinski definition) is 1. The maximum Gasteiger partial charge on any atom is 0.286 e. The largest absolute Gasteiger partial charge is 0.347 e. The molecule has 0 aliphatic rings. The van der Waals surface area contributed by atoms with Crippen molar-refractivity contribution in [3.05, 3.63) is 66.0 Å². The molecule has 2 aromatic rings. The molecule has 0 saturated carbocycles.